The van der Waals surface area contributed by atoms with Crippen LogP contribution in [0.25, 0.3) is 0 Å². The molecule has 1 amide bonds. The Morgan fingerprint density at radius 3 is 3.04 bits per heavy atom. The number of nitrogens with one attached hydrogen (secondary N) is 2. The van der Waals surface area contributed by atoms with Crippen LogP contribution in [0, 0.1) is 0 Å². The second-order valence-electron chi connectivity index (χ2n) is 5.50. The van der Waals surface area contributed by atoms with Gasteiger partial charge in [-0.05, 0) is 11.6 Å². The number of aromatic nitrogens is 1. The molecule has 2 N–H and O–H groups in total. The first-order chi connectivity index (χ1) is 11.6. The lowest BCUT2D eigenvalue weighted by molar-refractivity contribution is -0.117. The van der Waals surface area contributed by atoms with Gasteiger partial charge in [0.15, 0.2) is 5.13 Å². The Morgan fingerprint density at radius 2 is 2.28 bits per heavy atom. The van der Waals surface area contributed by atoms with Crippen LogP contribution in [-0.2, 0) is 16.0 Å². The molecule has 1 fully saturated rings. The lowest BCUT2D eigenvalue weighted by Gasteiger charge is -2.22. The second kappa shape index (κ2) is 9.71. The molecular weight excluding hydrogens is 405 g/mol. The summed E-state index contributed by atoms with van der Waals surface area (Å²) in [5.41, 5.74) is 0.939. The van der Waals surface area contributed by atoms with Gasteiger partial charge in [-0.25, -0.2) is 4.98 Å². The molecule has 0 aliphatic carbocycles. The van der Waals surface area contributed by atoms with Crippen LogP contribution in [0.1, 0.15) is 16.9 Å². The quantitative estimate of drug-likeness (QED) is 0.770. The standard InChI is InChI=1S/C16H17Cl2N3O2S.ClH/c17-13-3-1-2-10(15(13)18)6-12-8-20-16(24-12)21-14(22)7-11-9-23-5-4-19-11;/h1-3,8,11,19H,4-7,9H2,(H,20,21,22);1H. The van der Waals surface area contributed by atoms with Crippen molar-refractivity contribution in [2.45, 2.75) is 18.9 Å². The van der Waals surface area contributed by atoms with Crippen LogP contribution in [0.15, 0.2) is 24.4 Å². The number of carbonyl (C=O) groups is 1. The van der Waals surface area contributed by atoms with Crippen molar-refractivity contribution < 1.29 is 9.53 Å². The molecule has 136 valence electrons. The Hall–Kier alpha value is -0.890. The summed E-state index contributed by atoms with van der Waals surface area (Å²) in [6.07, 6.45) is 2.75. The lowest BCUT2D eigenvalue weighted by atomic mass is 10.1. The fourth-order valence-corrected chi connectivity index (χ4v) is 3.70. The highest BCUT2D eigenvalue weighted by atomic mass is 35.5. The number of thiazole rings is 1. The number of anilines is 1. The average Bonchev–Trinajstić information content (AvgIpc) is 2.99. The van der Waals surface area contributed by atoms with Crippen molar-refractivity contribution in [3.8, 4) is 0 Å². The summed E-state index contributed by atoms with van der Waals surface area (Å²) in [7, 11) is 0. The molecule has 2 heterocycles. The second-order valence-corrected chi connectivity index (χ2v) is 7.40. The predicted molar refractivity (Wildman–Crippen MR) is 104 cm³/mol. The number of hydrogen-bond donors (Lipinski definition) is 2. The van der Waals surface area contributed by atoms with E-state index in [1.54, 1.807) is 12.3 Å². The highest BCUT2D eigenvalue weighted by Crippen LogP contribution is 2.29. The van der Waals surface area contributed by atoms with Crippen molar-refractivity contribution in [2.75, 3.05) is 25.1 Å². The van der Waals surface area contributed by atoms with Gasteiger partial charge in [-0.15, -0.1) is 23.7 Å². The largest absolute Gasteiger partial charge is 0.378 e. The predicted octanol–water partition coefficient (Wildman–Crippen LogP) is 3.78. The Bertz CT molecular complexity index is 720. The van der Waals surface area contributed by atoms with Crippen LogP contribution < -0.4 is 10.6 Å². The molecule has 1 saturated heterocycles. The minimum atomic E-state index is -0.0697. The summed E-state index contributed by atoms with van der Waals surface area (Å²) in [6.45, 7) is 2.03. The van der Waals surface area contributed by atoms with E-state index in [-0.39, 0.29) is 24.4 Å². The van der Waals surface area contributed by atoms with Crippen LogP contribution in [-0.4, -0.2) is 36.7 Å². The number of rotatable bonds is 5. The van der Waals surface area contributed by atoms with Crippen molar-refractivity contribution in [3.05, 3.63) is 44.9 Å². The molecule has 1 unspecified atom stereocenters. The molecule has 0 spiro atoms. The van der Waals surface area contributed by atoms with Gasteiger partial charge in [0.25, 0.3) is 0 Å². The zero-order valence-electron chi connectivity index (χ0n) is 13.3. The van der Waals surface area contributed by atoms with Crippen molar-refractivity contribution in [3.63, 3.8) is 0 Å². The minimum absolute atomic E-state index is 0. The van der Waals surface area contributed by atoms with Crippen LogP contribution >= 0.6 is 46.9 Å². The molecule has 5 nitrogen and oxygen atoms in total. The zero-order chi connectivity index (χ0) is 16.9. The maximum absolute atomic E-state index is 12.1. The molecular formula is C16H18Cl3N3O2S. The third-order valence-electron chi connectivity index (χ3n) is 3.63. The summed E-state index contributed by atoms with van der Waals surface area (Å²) in [5, 5.41) is 7.77. The minimum Gasteiger partial charge on any atom is -0.378 e. The Labute approximate surface area is 166 Å². The first-order valence-electron chi connectivity index (χ1n) is 7.60. The summed E-state index contributed by atoms with van der Waals surface area (Å²) < 4.78 is 5.35. The van der Waals surface area contributed by atoms with Crippen molar-refractivity contribution in [1.29, 1.82) is 0 Å². The number of morpholine rings is 1. The average molecular weight is 423 g/mol. The number of benzene rings is 1. The van der Waals surface area contributed by atoms with Gasteiger partial charge in [-0.3, -0.25) is 4.79 Å². The first kappa shape index (κ1) is 20.4. The molecule has 0 saturated carbocycles. The monoisotopic (exact) mass is 421 g/mol. The summed E-state index contributed by atoms with van der Waals surface area (Å²) in [6, 6.07) is 5.62. The molecule has 2 aromatic rings. The number of hydrogen-bond acceptors (Lipinski definition) is 5. The van der Waals surface area contributed by atoms with E-state index in [9.17, 15) is 4.79 Å². The van der Waals surface area contributed by atoms with Gasteiger partial charge in [0.2, 0.25) is 5.91 Å². The van der Waals surface area contributed by atoms with Crippen molar-refractivity contribution in [2.24, 2.45) is 0 Å². The van der Waals surface area contributed by atoms with Gasteiger partial charge >= 0.3 is 0 Å². The summed E-state index contributed by atoms with van der Waals surface area (Å²) >= 11 is 13.7. The highest BCUT2D eigenvalue weighted by Gasteiger charge is 2.17. The molecule has 1 aliphatic rings. The SMILES string of the molecule is Cl.O=C(CC1COCCN1)Nc1ncc(Cc2cccc(Cl)c2Cl)s1. The molecule has 1 aromatic carbocycles. The van der Waals surface area contributed by atoms with Crippen LogP contribution in [0.4, 0.5) is 5.13 Å². The molecule has 9 heteroatoms. The first-order valence-corrected chi connectivity index (χ1v) is 9.17. The van der Waals surface area contributed by atoms with E-state index in [4.69, 9.17) is 27.9 Å². The van der Waals surface area contributed by atoms with Crippen LogP contribution in [0.5, 0.6) is 0 Å². The molecule has 0 radical (unpaired) electrons. The van der Waals surface area contributed by atoms with Crippen LogP contribution in [0.2, 0.25) is 10.0 Å². The van der Waals surface area contributed by atoms with Gasteiger partial charge < -0.3 is 15.4 Å². The molecule has 1 aromatic heterocycles. The van der Waals surface area contributed by atoms with E-state index in [0.29, 0.717) is 41.2 Å². The molecule has 3 rings (SSSR count). The van der Waals surface area contributed by atoms with Gasteiger partial charge in [-0.1, -0.05) is 35.3 Å². The van der Waals surface area contributed by atoms with E-state index in [1.165, 1.54) is 11.3 Å². The number of ether oxygens (including phenoxy) is 1. The number of amides is 1. The van der Waals surface area contributed by atoms with E-state index in [0.717, 1.165) is 17.0 Å². The normalized spacial score (nSPS) is 17.0. The number of nitrogens with zero attached hydrogens (tertiary/aromatic N) is 1. The molecule has 25 heavy (non-hydrogen) atoms. The fourth-order valence-electron chi connectivity index (χ4n) is 2.46. The van der Waals surface area contributed by atoms with E-state index >= 15 is 0 Å². The van der Waals surface area contributed by atoms with Crippen molar-refractivity contribution in [1.82, 2.24) is 10.3 Å². The number of carbonyl (C=O) groups excluding carboxylic acids is 1. The third kappa shape index (κ3) is 5.81. The molecule has 0 bridgehead atoms. The van der Waals surface area contributed by atoms with Crippen molar-refractivity contribution >= 4 is 58.0 Å². The Kier molecular flexibility index (Phi) is 7.93. The van der Waals surface area contributed by atoms with E-state index in [1.807, 2.05) is 12.1 Å². The third-order valence-corrected chi connectivity index (χ3v) is 5.40. The Morgan fingerprint density at radius 1 is 1.44 bits per heavy atom. The van der Waals surface area contributed by atoms with Crippen LogP contribution in [0.3, 0.4) is 0 Å². The smallest absolute Gasteiger partial charge is 0.227 e. The Balaban J connectivity index is 0.00000225. The summed E-state index contributed by atoms with van der Waals surface area (Å²) in [4.78, 5) is 17.3. The maximum Gasteiger partial charge on any atom is 0.227 e. The van der Waals surface area contributed by atoms with E-state index < -0.39 is 0 Å². The molecule has 1 atom stereocenters. The maximum atomic E-state index is 12.1. The number of halogens is 3. The van der Waals surface area contributed by atoms with Gasteiger partial charge in [0.05, 0.1) is 23.3 Å². The van der Waals surface area contributed by atoms with E-state index in [2.05, 4.69) is 15.6 Å². The van der Waals surface area contributed by atoms with Gasteiger partial charge in [0, 0.05) is 36.5 Å². The lowest BCUT2D eigenvalue weighted by Crippen LogP contribution is -2.43. The topological polar surface area (TPSA) is 63.2 Å². The van der Waals surface area contributed by atoms with Gasteiger partial charge in [-0.2, -0.15) is 0 Å². The molecule has 1 aliphatic heterocycles. The highest BCUT2D eigenvalue weighted by molar-refractivity contribution is 7.15. The fraction of sp³-hybridized carbons (Fsp3) is 0.375. The summed E-state index contributed by atoms with van der Waals surface area (Å²) in [5.74, 6) is -0.0697. The van der Waals surface area contributed by atoms with Gasteiger partial charge in [0.1, 0.15) is 0 Å². The zero-order valence-corrected chi connectivity index (χ0v) is 16.4.